The van der Waals surface area contributed by atoms with Crippen LogP contribution in [0, 0.1) is 0 Å². The number of carbonyl (C=O) groups excluding carboxylic acids is 1. The van der Waals surface area contributed by atoms with E-state index in [1.807, 2.05) is 6.07 Å². The van der Waals surface area contributed by atoms with Gasteiger partial charge in [-0.1, -0.05) is 11.8 Å². The van der Waals surface area contributed by atoms with Crippen molar-refractivity contribution >= 4 is 29.2 Å². The molecule has 1 aliphatic heterocycles. The van der Waals surface area contributed by atoms with Gasteiger partial charge >= 0.3 is 0 Å². The van der Waals surface area contributed by atoms with Crippen molar-refractivity contribution in [3.8, 4) is 11.5 Å². The molecule has 1 amide bonds. The molecule has 1 aromatic carbocycles. The summed E-state index contributed by atoms with van der Waals surface area (Å²) in [7, 11) is 3.15. The Kier molecular flexibility index (Phi) is 6.17. The molecule has 1 saturated heterocycles. The first-order valence-corrected chi connectivity index (χ1v) is 9.39. The van der Waals surface area contributed by atoms with Crippen LogP contribution in [0.2, 0.25) is 0 Å². The second-order valence-corrected chi connectivity index (χ2v) is 6.84. The lowest BCUT2D eigenvalue weighted by Crippen LogP contribution is -2.19. The van der Waals surface area contributed by atoms with Gasteiger partial charge in [0.1, 0.15) is 28.7 Å². The molecular weight excluding hydrogens is 352 g/mol. The van der Waals surface area contributed by atoms with Gasteiger partial charge in [0.25, 0.3) is 0 Å². The van der Waals surface area contributed by atoms with Crippen LogP contribution in [0.1, 0.15) is 12.8 Å². The molecule has 26 heavy (non-hydrogen) atoms. The highest BCUT2D eigenvalue weighted by Gasteiger charge is 2.14. The number of hydrogen-bond acceptors (Lipinski definition) is 7. The van der Waals surface area contributed by atoms with E-state index in [-0.39, 0.29) is 11.7 Å². The van der Waals surface area contributed by atoms with Crippen molar-refractivity contribution in [2.75, 3.05) is 43.3 Å². The highest BCUT2D eigenvalue weighted by Crippen LogP contribution is 2.26. The predicted molar refractivity (Wildman–Crippen MR) is 102 cm³/mol. The Labute approximate surface area is 157 Å². The fraction of sp³-hybridized carbons (Fsp3) is 0.389. The van der Waals surface area contributed by atoms with Crippen molar-refractivity contribution in [2.45, 2.75) is 17.9 Å². The molecule has 1 fully saturated rings. The Morgan fingerprint density at radius 3 is 2.46 bits per heavy atom. The van der Waals surface area contributed by atoms with Crippen LogP contribution >= 0.6 is 11.8 Å². The molecule has 0 radical (unpaired) electrons. The molecule has 2 heterocycles. The first kappa shape index (κ1) is 18.3. The van der Waals surface area contributed by atoms with Gasteiger partial charge in [-0.2, -0.15) is 0 Å². The van der Waals surface area contributed by atoms with Crippen LogP contribution < -0.4 is 19.7 Å². The zero-order valence-electron chi connectivity index (χ0n) is 14.9. The maximum absolute atomic E-state index is 12.3. The average molecular weight is 374 g/mol. The third kappa shape index (κ3) is 4.78. The molecule has 1 aromatic heterocycles. The Balaban J connectivity index is 1.58. The highest BCUT2D eigenvalue weighted by molar-refractivity contribution is 7.99. The molecule has 0 bridgehead atoms. The lowest BCUT2D eigenvalue weighted by Gasteiger charge is -2.16. The van der Waals surface area contributed by atoms with Crippen LogP contribution in [0.15, 0.2) is 35.6 Å². The minimum atomic E-state index is -0.119. The van der Waals surface area contributed by atoms with E-state index in [0.717, 1.165) is 23.9 Å². The quantitative estimate of drug-likeness (QED) is 0.590. The summed E-state index contributed by atoms with van der Waals surface area (Å²) in [5.41, 5.74) is 0.632. The molecule has 0 saturated carbocycles. The molecule has 3 rings (SSSR count). The summed E-state index contributed by atoms with van der Waals surface area (Å²) in [6.07, 6.45) is 3.94. The molecule has 2 aromatic rings. The van der Waals surface area contributed by atoms with Gasteiger partial charge in [-0.15, -0.1) is 0 Å². The number of amides is 1. The van der Waals surface area contributed by atoms with Crippen molar-refractivity contribution in [2.24, 2.45) is 0 Å². The number of anilines is 2. The van der Waals surface area contributed by atoms with E-state index in [1.54, 1.807) is 38.7 Å². The van der Waals surface area contributed by atoms with Crippen molar-refractivity contribution in [1.82, 2.24) is 9.97 Å². The fourth-order valence-corrected chi connectivity index (χ4v) is 3.41. The fourth-order valence-electron chi connectivity index (χ4n) is 2.74. The Morgan fingerprint density at radius 1 is 1.12 bits per heavy atom. The molecule has 0 spiro atoms. The molecule has 1 aliphatic rings. The van der Waals surface area contributed by atoms with Crippen LogP contribution in [-0.2, 0) is 4.79 Å². The Hall–Kier alpha value is -2.48. The third-order valence-corrected chi connectivity index (χ3v) is 4.97. The van der Waals surface area contributed by atoms with E-state index in [2.05, 4.69) is 20.2 Å². The number of ether oxygens (including phenoxy) is 2. The lowest BCUT2D eigenvalue weighted by atomic mass is 10.2. The van der Waals surface area contributed by atoms with Crippen molar-refractivity contribution in [1.29, 1.82) is 0 Å². The largest absolute Gasteiger partial charge is 0.497 e. The maximum Gasteiger partial charge on any atom is 0.234 e. The van der Waals surface area contributed by atoms with E-state index in [4.69, 9.17) is 9.47 Å². The van der Waals surface area contributed by atoms with Gasteiger partial charge in [0.2, 0.25) is 5.91 Å². The van der Waals surface area contributed by atoms with Gasteiger partial charge in [-0.05, 0) is 12.8 Å². The number of rotatable bonds is 7. The number of carbonyl (C=O) groups is 1. The van der Waals surface area contributed by atoms with E-state index in [9.17, 15) is 4.79 Å². The zero-order chi connectivity index (χ0) is 18.4. The Morgan fingerprint density at radius 2 is 1.81 bits per heavy atom. The normalized spacial score (nSPS) is 13.5. The summed E-state index contributed by atoms with van der Waals surface area (Å²) >= 11 is 1.39. The van der Waals surface area contributed by atoms with Crippen LogP contribution in [0.25, 0.3) is 0 Å². The lowest BCUT2D eigenvalue weighted by molar-refractivity contribution is -0.113. The number of aromatic nitrogens is 2. The number of benzene rings is 1. The van der Waals surface area contributed by atoms with Crippen LogP contribution in [-0.4, -0.2) is 48.9 Å². The summed E-state index contributed by atoms with van der Waals surface area (Å²) in [5.74, 6) is 2.32. The topological polar surface area (TPSA) is 76.6 Å². The predicted octanol–water partition coefficient (Wildman–Crippen LogP) is 2.82. The first-order valence-electron chi connectivity index (χ1n) is 8.40. The maximum atomic E-state index is 12.3. The SMILES string of the molecule is COc1cc(NC(=O)CSc2cc(N3CCCC3)ncn2)cc(OC)c1. The number of methoxy groups -OCH3 is 2. The van der Waals surface area contributed by atoms with Crippen LogP contribution in [0.4, 0.5) is 11.5 Å². The Bertz CT molecular complexity index is 744. The monoisotopic (exact) mass is 374 g/mol. The molecule has 138 valence electrons. The van der Waals surface area contributed by atoms with Crippen molar-refractivity contribution < 1.29 is 14.3 Å². The molecular formula is C18H22N4O3S. The minimum absolute atomic E-state index is 0.119. The van der Waals surface area contributed by atoms with Crippen molar-refractivity contribution in [3.05, 3.63) is 30.6 Å². The van der Waals surface area contributed by atoms with Gasteiger partial charge in [0, 0.05) is 43.0 Å². The molecule has 0 aliphatic carbocycles. The average Bonchev–Trinajstić information content (AvgIpc) is 3.21. The summed E-state index contributed by atoms with van der Waals surface area (Å²) in [6.45, 7) is 2.05. The van der Waals surface area contributed by atoms with Gasteiger partial charge < -0.3 is 19.7 Å². The highest BCUT2D eigenvalue weighted by atomic mass is 32.2. The molecule has 7 nitrogen and oxygen atoms in total. The molecule has 0 atom stereocenters. The van der Waals surface area contributed by atoms with Crippen LogP contribution in [0.5, 0.6) is 11.5 Å². The summed E-state index contributed by atoms with van der Waals surface area (Å²) < 4.78 is 10.4. The van der Waals surface area contributed by atoms with Crippen LogP contribution in [0.3, 0.4) is 0 Å². The van der Waals surface area contributed by atoms with Crippen molar-refractivity contribution in [3.63, 3.8) is 0 Å². The summed E-state index contributed by atoms with van der Waals surface area (Å²) in [4.78, 5) is 23.1. The third-order valence-electron chi connectivity index (χ3n) is 4.04. The first-order chi connectivity index (χ1) is 12.7. The van der Waals surface area contributed by atoms with Gasteiger partial charge in [0.15, 0.2) is 0 Å². The van der Waals surface area contributed by atoms with Gasteiger partial charge in [-0.25, -0.2) is 9.97 Å². The van der Waals surface area contributed by atoms with Gasteiger partial charge in [-0.3, -0.25) is 4.79 Å². The van der Waals surface area contributed by atoms with Gasteiger partial charge in [0.05, 0.1) is 20.0 Å². The smallest absolute Gasteiger partial charge is 0.234 e. The van der Waals surface area contributed by atoms with E-state index in [1.165, 1.54) is 24.6 Å². The van der Waals surface area contributed by atoms with E-state index >= 15 is 0 Å². The summed E-state index contributed by atoms with van der Waals surface area (Å²) in [6, 6.07) is 7.20. The minimum Gasteiger partial charge on any atom is -0.497 e. The zero-order valence-corrected chi connectivity index (χ0v) is 15.7. The molecule has 8 heteroatoms. The number of nitrogens with one attached hydrogen (secondary N) is 1. The molecule has 0 unspecified atom stereocenters. The summed E-state index contributed by atoms with van der Waals surface area (Å²) in [5, 5.41) is 3.65. The van der Waals surface area contributed by atoms with E-state index in [0.29, 0.717) is 17.2 Å². The van der Waals surface area contributed by atoms with E-state index < -0.39 is 0 Å². The second-order valence-electron chi connectivity index (χ2n) is 5.85. The second kappa shape index (κ2) is 8.75. The standard InChI is InChI=1S/C18H22N4O3S/c1-24-14-7-13(8-15(9-14)25-2)21-17(23)11-26-18-10-16(19-12-20-18)22-5-3-4-6-22/h7-10,12H,3-6,11H2,1-2H3,(H,21,23). The molecule has 1 N–H and O–H groups in total. The number of nitrogens with zero attached hydrogens (tertiary/aromatic N) is 3. The number of thioether (sulfide) groups is 1. The number of hydrogen-bond donors (Lipinski definition) is 1.